The molecule has 0 saturated heterocycles. The Hall–Kier alpha value is -0.910. The summed E-state index contributed by atoms with van der Waals surface area (Å²) in [5.41, 5.74) is 2.44. The molecule has 18 heavy (non-hydrogen) atoms. The Balaban J connectivity index is 2.22. The predicted molar refractivity (Wildman–Crippen MR) is 71.5 cm³/mol. The van der Waals surface area contributed by atoms with Crippen LogP contribution < -0.4 is 5.32 Å². The molecule has 0 aliphatic heterocycles. The van der Waals surface area contributed by atoms with Gasteiger partial charge in [-0.25, -0.2) is 0 Å². The van der Waals surface area contributed by atoms with Crippen molar-refractivity contribution in [1.82, 2.24) is 15.1 Å². The summed E-state index contributed by atoms with van der Waals surface area (Å²) in [7, 11) is 1.96. The molecular formula is C13H25N3O2. The number of rotatable bonds is 9. The topological polar surface area (TPSA) is 59.3 Å². The molecule has 0 spiro atoms. The van der Waals surface area contributed by atoms with E-state index in [1.807, 2.05) is 11.7 Å². The van der Waals surface area contributed by atoms with E-state index in [-0.39, 0.29) is 6.61 Å². The summed E-state index contributed by atoms with van der Waals surface area (Å²) >= 11 is 0. The first-order valence-corrected chi connectivity index (χ1v) is 6.57. The normalized spacial score (nSPS) is 11.4. The van der Waals surface area contributed by atoms with Crippen molar-refractivity contribution < 1.29 is 9.84 Å². The fraction of sp³-hybridized carbons (Fsp3) is 0.769. The van der Waals surface area contributed by atoms with E-state index in [0.717, 1.165) is 19.5 Å². The van der Waals surface area contributed by atoms with Gasteiger partial charge in [0.25, 0.3) is 0 Å². The van der Waals surface area contributed by atoms with Gasteiger partial charge in [-0.2, -0.15) is 5.10 Å². The first-order chi connectivity index (χ1) is 8.65. The maximum Gasteiger partial charge on any atom is 0.0697 e. The fourth-order valence-electron chi connectivity index (χ4n) is 1.87. The lowest BCUT2D eigenvalue weighted by molar-refractivity contribution is 0.0907. The summed E-state index contributed by atoms with van der Waals surface area (Å²) < 4.78 is 7.07. The summed E-state index contributed by atoms with van der Waals surface area (Å²) in [6.07, 6.45) is 3.03. The highest BCUT2D eigenvalue weighted by Gasteiger charge is 2.10. The Kier molecular flexibility index (Phi) is 6.93. The zero-order valence-electron chi connectivity index (χ0n) is 11.6. The zero-order valence-corrected chi connectivity index (χ0v) is 11.6. The van der Waals surface area contributed by atoms with E-state index in [1.54, 1.807) is 0 Å². The van der Waals surface area contributed by atoms with Gasteiger partial charge in [0, 0.05) is 32.0 Å². The summed E-state index contributed by atoms with van der Waals surface area (Å²) in [4.78, 5) is 0. The number of ether oxygens (including phenoxy) is 1. The molecule has 1 heterocycles. The van der Waals surface area contributed by atoms with E-state index >= 15 is 0 Å². The first kappa shape index (κ1) is 15.1. The predicted octanol–water partition coefficient (Wildman–Crippen LogP) is 1.03. The van der Waals surface area contributed by atoms with Crippen molar-refractivity contribution in [2.24, 2.45) is 7.05 Å². The minimum Gasteiger partial charge on any atom is -0.394 e. The second kappa shape index (κ2) is 8.24. The molecular weight excluding hydrogens is 230 g/mol. The van der Waals surface area contributed by atoms with Crippen molar-refractivity contribution in [3.63, 3.8) is 0 Å². The molecule has 1 rings (SSSR count). The number of hydrogen-bond acceptors (Lipinski definition) is 4. The molecule has 1 aromatic heterocycles. The van der Waals surface area contributed by atoms with Gasteiger partial charge in [0.1, 0.15) is 0 Å². The van der Waals surface area contributed by atoms with Gasteiger partial charge in [-0.1, -0.05) is 13.8 Å². The Morgan fingerprint density at radius 3 is 2.89 bits per heavy atom. The van der Waals surface area contributed by atoms with E-state index in [9.17, 15) is 0 Å². The van der Waals surface area contributed by atoms with Crippen molar-refractivity contribution in [2.75, 3.05) is 26.4 Å². The smallest absolute Gasteiger partial charge is 0.0697 e. The molecule has 0 saturated carbocycles. The van der Waals surface area contributed by atoms with E-state index in [4.69, 9.17) is 9.84 Å². The van der Waals surface area contributed by atoms with Gasteiger partial charge in [0.15, 0.2) is 0 Å². The maximum absolute atomic E-state index is 8.55. The standard InChI is InChI=1S/C13H25N3O2/c1-11(2)13-12(10-16(3)15-13)9-14-5-4-7-18-8-6-17/h10-11,14,17H,4-9H2,1-3H3. The fourth-order valence-corrected chi connectivity index (χ4v) is 1.87. The lowest BCUT2D eigenvalue weighted by Crippen LogP contribution is -2.17. The molecule has 0 radical (unpaired) electrons. The molecule has 104 valence electrons. The third-order valence-electron chi connectivity index (χ3n) is 2.68. The van der Waals surface area contributed by atoms with Crippen molar-refractivity contribution in [3.05, 3.63) is 17.5 Å². The van der Waals surface area contributed by atoms with Gasteiger partial charge < -0.3 is 15.2 Å². The second-order valence-corrected chi connectivity index (χ2v) is 4.73. The maximum atomic E-state index is 8.55. The van der Waals surface area contributed by atoms with Gasteiger partial charge >= 0.3 is 0 Å². The van der Waals surface area contributed by atoms with Crippen LogP contribution in [0, 0.1) is 0 Å². The number of nitrogens with one attached hydrogen (secondary N) is 1. The Bertz CT molecular complexity index is 337. The van der Waals surface area contributed by atoms with Crippen molar-refractivity contribution in [2.45, 2.75) is 32.7 Å². The number of aliphatic hydroxyl groups excluding tert-OH is 1. The second-order valence-electron chi connectivity index (χ2n) is 4.73. The van der Waals surface area contributed by atoms with E-state index in [2.05, 4.69) is 30.5 Å². The first-order valence-electron chi connectivity index (χ1n) is 6.57. The Morgan fingerprint density at radius 1 is 1.44 bits per heavy atom. The van der Waals surface area contributed by atoms with E-state index < -0.39 is 0 Å². The van der Waals surface area contributed by atoms with Gasteiger partial charge in [0.05, 0.1) is 18.9 Å². The Labute approximate surface area is 109 Å². The van der Waals surface area contributed by atoms with Gasteiger partial charge in [-0.15, -0.1) is 0 Å². The SMILES string of the molecule is CC(C)c1nn(C)cc1CNCCCOCCO. The molecule has 0 fully saturated rings. The van der Waals surface area contributed by atoms with Gasteiger partial charge in [-0.05, 0) is 18.9 Å². The lowest BCUT2D eigenvalue weighted by Gasteiger charge is -2.07. The van der Waals surface area contributed by atoms with Crippen LogP contribution in [-0.4, -0.2) is 41.3 Å². The largest absolute Gasteiger partial charge is 0.394 e. The number of nitrogens with zero attached hydrogens (tertiary/aromatic N) is 2. The molecule has 2 N–H and O–H groups in total. The van der Waals surface area contributed by atoms with E-state index in [0.29, 0.717) is 19.1 Å². The number of aromatic nitrogens is 2. The molecule has 1 aromatic rings. The average molecular weight is 255 g/mol. The van der Waals surface area contributed by atoms with Crippen LogP contribution in [-0.2, 0) is 18.3 Å². The third-order valence-corrected chi connectivity index (χ3v) is 2.68. The average Bonchev–Trinajstić information content (AvgIpc) is 2.69. The minimum absolute atomic E-state index is 0.0981. The molecule has 0 aliphatic carbocycles. The van der Waals surface area contributed by atoms with Crippen LogP contribution in [0.3, 0.4) is 0 Å². The van der Waals surface area contributed by atoms with Crippen molar-refractivity contribution >= 4 is 0 Å². The summed E-state index contributed by atoms with van der Waals surface area (Å²) in [5.74, 6) is 0.455. The zero-order chi connectivity index (χ0) is 13.4. The Morgan fingerprint density at radius 2 is 2.22 bits per heavy atom. The molecule has 5 nitrogen and oxygen atoms in total. The van der Waals surface area contributed by atoms with Crippen LogP contribution in [0.4, 0.5) is 0 Å². The molecule has 0 aromatic carbocycles. The van der Waals surface area contributed by atoms with Crippen LogP contribution in [0.2, 0.25) is 0 Å². The summed E-state index contributed by atoms with van der Waals surface area (Å²) in [6.45, 7) is 7.31. The van der Waals surface area contributed by atoms with Crippen LogP contribution in [0.15, 0.2) is 6.20 Å². The summed E-state index contributed by atoms with van der Waals surface area (Å²) in [6, 6.07) is 0. The van der Waals surface area contributed by atoms with Crippen LogP contribution in [0.5, 0.6) is 0 Å². The highest BCUT2D eigenvalue weighted by molar-refractivity contribution is 5.19. The lowest BCUT2D eigenvalue weighted by atomic mass is 10.1. The molecule has 0 unspecified atom stereocenters. The monoisotopic (exact) mass is 255 g/mol. The molecule has 5 heteroatoms. The van der Waals surface area contributed by atoms with Crippen LogP contribution in [0.25, 0.3) is 0 Å². The molecule has 0 aliphatic rings. The highest BCUT2D eigenvalue weighted by atomic mass is 16.5. The van der Waals surface area contributed by atoms with E-state index in [1.165, 1.54) is 11.3 Å². The number of hydrogen-bond donors (Lipinski definition) is 2. The molecule has 0 bridgehead atoms. The van der Waals surface area contributed by atoms with Gasteiger partial charge in [-0.3, -0.25) is 4.68 Å². The third kappa shape index (κ3) is 5.16. The van der Waals surface area contributed by atoms with Gasteiger partial charge in [0.2, 0.25) is 0 Å². The van der Waals surface area contributed by atoms with Crippen LogP contribution >= 0.6 is 0 Å². The highest BCUT2D eigenvalue weighted by Crippen LogP contribution is 2.16. The van der Waals surface area contributed by atoms with Crippen LogP contribution in [0.1, 0.15) is 37.4 Å². The molecule has 0 amide bonds. The minimum atomic E-state index is 0.0981. The summed E-state index contributed by atoms with van der Waals surface area (Å²) in [5, 5.41) is 16.4. The number of aryl methyl sites for hydroxylation is 1. The van der Waals surface area contributed by atoms with Crippen molar-refractivity contribution in [3.8, 4) is 0 Å². The molecule has 0 atom stereocenters. The van der Waals surface area contributed by atoms with Crippen molar-refractivity contribution in [1.29, 1.82) is 0 Å². The quantitative estimate of drug-likeness (QED) is 0.647. The number of aliphatic hydroxyl groups is 1.